The summed E-state index contributed by atoms with van der Waals surface area (Å²) < 4.78 is 1.64. The highest BCUT2D eigenvalue weighted by molar-refractivity contribution is 5.99. The monoisotopic (exact) mass is 402 g/mol. The van der Waals surface area contributed by atoms with Crippen LogP contribution in [0.5, 0.6) is 0 Å². The first-order valence-electron chi connectivity index (χ1n) is 9.85. The number of non-ortho nitro benzene ring substituents is 1. The van der Waals surface area contributed by atoms with Crippen molar-refractivity contribution in [1.82, 2.24) is 4.57 Å². The number of nitrogens with zero attached hydrogens (tertiary/aromatic N) is 2. The van der Waals surface area contributed by atoms with Crippen molar-refractivity contribution in [2.24, 2.45) is 5.41 Å². The van der Waals surface area contributed by atoms with Gasteiger partial charge < -0.3 is 0 Å². The smallest absolute Gasteiger partial charge is 0.269 e. The van der Waals surface area contributed by atoms with Crippen molar-refractivity contribution in [3.63, 3.8) is 0 Å². The fourth-order valence-corrected chi connectivity index (χ4v) is 4.14. The number of hydrogen-bond donors (Lipinski definition) is 0. The average molecular weight is 402 g/mol. The Balaban J connectivity index is 1.91. The highest BCUT2D eigenvalue weighted by Gasteiger charge is 2.34. The predicted octanol–water partition coefficient (Wildman–Crippen LogP) is 4.49. The van der Waals surface area contributed by atoms with Crippen LogP contribution in [0.4, 0.5) is 5.69 Å². The maximum Gasteiger partial charge on any atom is 0.269 e. The van der Waals surface area contributed by atoms with Crippen LogP contribution in [-0.4, -0.2) is 15.3 Å². The van der Waals surface area contributed by atoms with Crippen molar-refractivity contribution in [3.05, 3.63) is 104 Å². The number of aromatic nitrogens is 1. The number of nitro benzene ring substituents is 1. The SMILES string of the molecule is CC1(C)CC(=O)c2cc(Cc3cccc([N+](=O)[O-])c3)c(=O)n(-c3ccccc3)c2C1. The molecule has 0 spiro atoms. The molecule has 6 nitrogen and oxygen atoms in total. The van der Waals surface area contributed by atoms with Crippen LogP contribution in [0, 0.1) is 15.5 Å². The molecule has 0 fully saturated rings. The second-order valence-electron chi connectivity index (χ2n) is 8.55. The van der Waals surface area contributed by atoms with E-state index in [0.29, 0.717) is 35.2 Å². The lowest BCUT2D eigenvalue weighted by atomic mass is 9.75. The zero-order valence-corrected chi connectivity index (χ0v) is 16.9. The van der Waals surface area contributed by atoms with Gasteiger partial charge in [-0.25, -0.2) is 0 Å². The topological polar surface area (TPSA) is 82.2 Å². The Bertz CT molecular complexity index is 1210. The number of para-hydroxylation sites is 1. The molecule has 4 rings (SSSR count). The maximum atomic E-state index is 13.5. The standard InChI is InChI=1S/C24H22N2O4/c1-24(2)14-21-20(22(27)15-24)13-17(11-16-7-6-10-19(12-16)26(29)30)23(28)25(21)18-8-4-3-5-9-18/h3-10,12-13H,11,14-15H2,1-2H3. The molecular formula is C24H22N2O4. The number of ketones is 1. The number of nitro groups is 1. The number of carbonyl (C=O) groups is 1. The number of benzene rings is 2. The Hall–Kier alpha value is -3.54. The minimum Gasteiger partial charge on any atom is -0.294 e. The summed E-state index contributed by atoms with van der Waals surface area (Å²) in [6.07, 6.45) is 1.26. The Morgan fingerprint density at radius 3 is 2.43 bits per heavy atom. The number of rotatable bonds is 4. The van der Waals surface area contributed by atoms with E-state index in [4.69, 9.17) is 0 Å². The molecule has 1 heterocycles. The van der Waals surface area contributed by atoms with Crippen molar-refractivity contribution >= 4 is 11.5 Å². The number of fused-ring (bicyclic) bond motifs is 1. The van der Waals surface area contributed by atoms with E-state index in [2.05, 4.69) is 0 Å². The van der Waals surface area contributed by atoms with E-state index < -0.39 is 4.92 Å². The molecule has 0 amide bonds. The zero-order valence-electron chi connectivity index (χ0n) is 16.9. The molecule has 0 aliphatic heterocycles. The van der Waals surface area contributed by atoms with Gasteiger partial charge in [0.2, 0.25) is 0 Å². The van der Waals surface area contributed by atoms with E-state index in [1.165, 1.54) is 12.1 Å². The third-order valence-electron chi connectivity index (χ3n) is 5.49. The van der Waals surface area contributed by atoms with Crippen LogP contribution in [0.1, 0.15) is 47.4 Å². The summed E-state index contributed by atoms with van der Waals surface area (Å²) in [6, 6.07) is 17.2. The molecule has 1 aliphatic carbocycles. The highest BCUT2D eigenvalue weighted by atomic mass is 16.6. The van der Waals surface area contributed by atoms with E-state index in [1.807, 2.05) is 44.2 Å². The first-order valence-corrected chi connectivity index (χ1v) is 9.85. The van der Waals surface area contributed by atoms with Crippen molar-refractivity contribution in [2.75, 3.05) is 0 Å². The lowest BCUT2D eigenvalue weighted by Gasteiger charge is -2.32. The minimum atomic E-state index is -0.454. The molecule has 30 heavy (non-hydrogen) atoms. The number of hydrogen-bond acceptors (Lipinski definition) is 4. The van der Waals surface area contributed by atoms with Gasteiger partial charge in [-0.1, -0.05) is 44.2 Å². The molecule has 0 saturated carbocycles. The molecule has 1 aromatic heterocycles. The largest absolute Gasteiger partial charge is 0.294 e. The van der Waals surface area contributed by atoms with Crippen molar-refractivity contribution in [2.45, 2.75) is 33.1 Å². The van der Waals surface area contributed by atoms with Crippen LogP contribution in [0.15, 0.2) is 65.5 Å². The quantitative estimate of drug-likeness (QED) is 0.475. The summed E-state index contributed by atoms with van der Waals surface area (Å²) in [7, 11) is 0. The molecular weight excluding hydrogens is 380 g/mol. The average Bonchev–Trinajstić information content (AvgIpc) is 2.69. The van der Waals surface area contributed by atoms with Gasteiger partial charge in [0.25, 0.3) is 11.2 Å². The molecule has 1 aliphatic rings. The van der Waals surface area contributed by atoms with Crippen molar-refractivity contribution in [1.29, 1.82) is 0 Å². The van der Waals surface area contributed by atoms with Crippen molar-refractivity contribution < 1.29 is 9.72 Å². The highest BCUT2D eigenvalue weighted by Crippen LogP contribution is 2.35. The number of pyridine rings is 1. The Morgan fingerprint density at radius 1 is 1.00 bits per heavy atom. The second kappa shape index (κ2) is 7.37. The molecule has 0 saturated heterocycles. The Morgan fingerprint density at radius 2 is 1.73 bits per heavy atom. The second-order valence-corrected chi connectivity index (χ2v) is 8.55. The van der Waals surface area contributed by atoms with Crippen LogP contribution in [0.3, 0.4) is 0 Å². The fraction of sp³-hybridized carbons (Fsp3) is 0.250. The third kappa shape index (κ3) is 3.68. The van der Waals surface area contributed by atoms with Gasteiger partial charge in [0, 0.05) is 47.5 Å². The Kier molecular flexibility index (Phi) is 4.86. The van der Waals surface area contributed by atoms with Gasteiger partial charge in [-0.3, -0.25) is 24.3 Å². The lowest BCUT2D eigenvalue weighted by Crippen LogP contribution is -2.35. The van der Waals surface area contributed by atoms with Gasteiger partial charge >= 0.3 is 0 Å². The summed E-state index contributed by atoms with van der Waals surface area (Å²) in [6.45, 7) is 4.06. The Labute approximate surface area is 173 Å². The van der Waals surface area contributed by atoms with E-state index in [1.54, 1.807) is 22.8 Å². The van der Waals surface area contributed by atoms with Crippen LogP contribution in [0.25, 0.3) is 5.69 Å². The molecule has 0 atom stereocenters. The van der Waals surface area contributed by atoms with Gasteiger partial charge in [0.1, 0.15) is 0 Å². The number of carbonyl (C=O) groups excluding carboxylic acids is 1. The molecule has 0 bridgehead atoms. The first kappa shape index (κ1) is 19.8. The van der Waals surface area contributed by atoms with Crippen LogP contribution in [0.2, 0.25) is 0 Å². The zero-order chi connectivity index (χ0) is 21.5. The van der Waals surface area contributed by atoms with Crippen LogP contribution in [-0.2, 0) is 12.8 Å². The van der Waals surface area contributed by atoms with E-state index in [-0.39, 0.29) is 28.9 Å². The summed E-state index contributed by atoms with van der Waals surface area (Å²) in [5.41, 5.74) is 2.67. The molecule has 3 aromatic rings. The summed E-state index contributed by atoms with van der Waals surface area (Å²) >= 11 is 0. The van der Waals surface area contributed by atoms with E-state index in [9.17, 15) is 19.7 Å². The molecule has 6 heteroatoms. The molecule has 0 unspecified atom stereocenters. The summed E-state index contributed by atoms with van der Waals surface area (Å²) in [5, 5.41) is 11.1. The summed E-state index contributed by atoms with van der Waals surface area (Å²) in [5.74, 6) is 0.0197. The van der Waals surface area contributed by atoms with Crippen LogP contribution < -0.4 is 5.56 Å². The van der Waals surface area contributed by atoms with Gasteiger partial charge in [-0.05, 0) is 35.6 Å². The van der Waals surface area contributed by atoms with Gasteiger partial charge in [-0.2, -0.15) is 0 Å². The first-order chi connectivity index (χ1) is 14.2. The maximum absolute atomic E-state index is 13.5. The van der Waals surface area contributed by atoms with Gasteiger partial charge in [0.05, 0.1) is 4.92 Å². The minimum absolute atomic E-state index is 0.0197. The molecule has 2 aromatic carbocycles. The fourth-order valence-electron chi connectivity index (χ4n) is 4.14. The van der Waals surface area contributed by atoms with Crippen LogP contribution >= 0.6 is 0 Å². The molecule has 152 valence electrons. The molecule has 0 radical (unpaired) electrons. The normalized spacial score (nSPS) is 14.9. The van der Waals surface area contributed by atoms with E-state index >= 15 is 0 Å². The van der Waals surface area contributed by atoms with Gasteiger partial charge in [-0.15, -0.1) is 0 Å². The van der Waals surface area contributed by atoms with E-state index in [0.717, 1.165) is 5.69 Å². The van der Waals surface area contributed by atoms with Crippen molar-refractivity contribution in [3.8, 4) is 5.69 Å². The lowest BCUT2D eigenvalue weighted by molar-refractivity contribution is -0.384. The predicted molar refractivity (Wildman–Crippen MR) is 114 cm³/mol. The summed E-state index contributed by atoms with van der Waals surface area (Å²) in [4.78, 5) is 37.1. The molecule has 0 N–H and O–H groups in total. The van der Waals surface area contributed by atoms with Gasteiger partial charge in [0.15, 0.2) is 5.78 Å². The third-order valence-corrected chi connectivity index (χ3v) is 5.49. The number of Topliss-reactive ketones (excluding diaryl/α,β-unsaturated/α-hetero) is 1.